The number of rotatable bonds is 10. The number of carbonyl (C=O) groups is 1. The molecule has 0 rings (SSSR count). The monoisotopic (exact) mass is 387 g/mol. The predicted molar refractivity (Wildman–Crippen MR) is 92.4 cm³/mol. The van der Waals surface area contributed by atoms with Crippen molar-refractivity contribution in [1.29, 1.82) is 0 Å². The SMILES string of the molecule is CCC(C)(C)C(=O)NCCC[N+](C)(C)CC(O)C[N+](C)(C)C.[Cl-].[Cl-]. The topological polar surface area (TPSA) is 49.3 Å². The molecule has 1 atom stereocenters. The average molecular weight is 388 g/mol. The van der Waals surface area contributed by atoms with Gasteiger partial charge in [-0.1, -0.05) is 20.8 Å². The first kappa shape index (κ1) is 28.7. The second-order valence-electron chi connectivity index (χ2n) is 8.82. The highest BCUT2D eigenvalue weighted by atomic mass is 35.5. The maximum absolute atomic E-state index is 12.0. The Kier molecular flexibility index (Phi) is 13.8. The lowest BCUT2D eigenvalue weighted by atomic mass is 9.89. The molecule has 2 N–H and O–H groups in total. The van der Waals surface area contributed by atoms with E-state index in [0.29, 0.717) is 6.54 Å². The molecule has 5 nitrogen and oxygen atoms in total. The van der Waals surface area contributed by atoms with Gasteiger partial charge in [-0.3, -0.25) is 4.79 Å². The third kappa shape index (κ3) is 13.2. The van der Waals surface area contributed by atoms with Crippen molar-refractivity contribution in [2.75, 3.05) is 61.4 Å². The lowest BCUT2D eigenvalue weighted by Crippen LogP contribution is -3.00. The lowest BCUT2D eigenvalue weighted by molar-refractivity contribution is -0.907. The van der Waals surface area contributed by atoms with Crippen LogP contribution < -0.4 is 30.1 Å². The number of aliphatic hydroxyl groups excluding tert-OH is 1. The van der Waals surface area contributed by atoms with Crippen LogP contribution in [0.2, 0.25) is 0 Å². The van der Waals surface area contributed by atoms with Crippen molar-refractivity contribution in [3.05, 3.63) is 0 Å². The summed E-state index contributed by atoms with van der Waals surface area (Å²) < 4.78 is 1.54. The van der Waals surface area contributed by atoms with E-state index in [0.717, 1.165) is 41.4 Å². The first-order valence-electron chi connectivity index (χ1n) is 8.38. The number of nitrogens with one attached hydrogen (secondary N) is 1. The Morgan fingerprint density at radius 3 is 2.00 bits per heavy atom. The standard InChI is InChI=1S/C17H38N3O2.2ClH/c1-9-17(2,3)16(22)18-11-10-12-20(7,8)14-15(21)13-19(4,5)6;;/h15,21H,9-14H2,1-8H3;2*1H/q+1;;/p-1. The molecule has 0 heterocycles. The molecule has 0 saturated heterocycles. The lowest BCUT2D eigenvalue weighted by Gasteiger charge is -2.34. The number of hydrogen-bond donors (Lipinski definition) is 2. The number of amides is 1. The van der Waals surface area contributed by atoms with Crippen molar-refractivity contribution in [2.24, 2.45) is 5.41 Å². The summed E-state index contributed by atoms with van der Waals surface area (Å²) >= 11 is 0. The molecule has 0 aliphatic carbocycles. The Labute approximate surface area is 161 Å². The number of halogens is 2. The number of carbonyl (C=O) groups excluding carboxylic acids is 1. The molecular weight excluding hydrogens is 349 g/mol. The van der Waals surface area contributed by atoms with Gasteiger partial charge >= 0.3 is 0 Å². The molecule has 0 aromatic heterocycles. The summed E-state index contributed by atoms with van der Waals surface area (Å²) in [5.41, 5.74) is -0.287. The van der Waals surface area contributed by atoms with Gasteiger partial charge in [-0.05, 0) is 6.42 Å². The third-order valence-corrected chi connectivity index (χ3v) is 4.19. The number of aliphatic hydroxyl groups is 1. The fourth-order valence-corrected chi connectivity index (χ4v) is 2.46. The fraction of sp³-hybridized carbons (Fsp3) is 0.941. The average Bonchev–Trinajstić information content (AvgIpc) is 2.30. The minimum atomic E-state index is -0.302. The normalized spacial score (nSPS) is 13.5. The molecule has 0 aromatic rings. The highest BCUT2D eigenvalue weighted by molar-refractivity contribution is 5.81. The molecule has 0 spiro atoms. The van der Waals surface area contributed by atoms with Crippen molar-refractivity contribution in [3.8, 4) is 0 Å². The molecule has 0 radical (unpaired) electrons. The first-order chi connectivity index (χ1) is 9.79. The van der Waals surface area contributed by atoms with Crippen molar-refractivity contribution >= 4 is 5.91 Å². The van der Waals surface area contributed by atoms with Gasteiger partial charge in [0.1, 0.15) is 13.1 Å². The van der Waals surface area contributed by atoms with Crippen molar-refractivity contribution in [3.63, 3.8) is 0 Å². The molecule has 7 heteroatoms. The summed E-state index contributed by atoms with van der Waals surface area (Å²) in [5.74, 6) is 0.130. The molecule has 0 aromatic carbocycles. The van der Waals surface area contributed by atoms with E-state index in [1.165, 1.54) is 0 Å². The van der Waals surface area contributed by atoms with E-state index >= 15 is 0 Å². The van der Waals surface area contributed by atoms with E-state index in [4.69, 9.17) is 0 Å². The van der Waals surface area contributed by atoms with Gasteiger partial charge in [0, 0.05) is 18.4 Å². The largest absolute Gasteiger partial charge is 1.00 e. The van der Waals surface area contributed by atoms with Crippen LogP contribution in [0.15, 0.2) is 0 Å². The Morgan fingerprint density at radius 2 is 1.58 bits per heavy atom. The quantitative estimate of drug-likeness (QED) is 0.291. The number of likely N-dealkylation sites (N-methyl/N-ethyl adjacent to an activating group) is 2. The van der Waals surface area contributed by atoms with Crippen LogP contribution in [0.4, 0.5) is 0 Å². The van der Waals surface area contributed by atoms with Gasteiger partial charge in [-0.25, -0.2) is 0 Å². The van der Waals surface area contributed by atoms with Crippen LogP contribution >= 0.6 is 0 Å². The second-order valence-corrected chi connectivity index (χ2v) is 8.82. The van der Waals surface area contributed by atoms with Gasteiger partial charge in [0.25, 0.3) is 0 Å². The zero-order chi connectivity index (χ0) is 17.6. The summed E-state index contributed by atoms with van der Waals surface area (Å²) in [4.78, 5) is 12.0. The molecule has 0 bridgehead atoms. The van der Waals surface area contributed by atoms with E-state index in [-0.39, 0.29) is 42.2 Å². The zero-order valence-electron chi connectivity index (χ0n) is 16.8. The summed E-state index contributed by atoms with van der Waals surface area (Å²) in [6.07, 6.45) is 1.47. The van der Waals surface area contributed by atoms with Crippen molar-refractivity contribution < 1.29 is 43.7 Å². The summed E-state index contributed by atoms with van der Waals surface area (Å²) in [6, 6.07) is 0. The van der Waals surface area contributed by atoms with E-state index in [1.54, 1.807) is 0 Å². The van der Waals surface area contributed by atoms with Gasteiger partial charge in [0.2, 0.25) is 5.91 Å². The van der Waals surface area contributed by atoms with Crippen LogP contribution in [-0.4, -0.2) is 87.5 Å². The van der Waals surface area contributed by atoms with Crippen LogP contribution in [0.25, 0.3) is 0 Å². The molecule has 148 valence electrons. The zero-order valence-corrected chi connectivity index (χ0v) is 18.3. The molecule has 0 aliphatic heterocycles. The summed E-state index contributed by atoms with van der Waals surface area (Å²) in [5, 5.41) is 13.2. The van der Waals surface area contributed by atoms with E-state index in [1.807, 2.05) is 20.8 Å². The Bertz CT molecular complexity index is 356. The number of nitrogens with zero attached hydrogens (tertiary/aromatic N) is 2. The molecule has 1 unspecified atom stereocenters. The summed E-state index contributed by atoms with van der Waals surface area (Å²) in [6.45, 7) is 9.13. The minimum absolute atomic E-state index is 0. The molecule has 0 saturated carbocycles. The van der Waals surface area contributed by atoms with Crippen molar-refractivity contribution in [1.82, 2.24) is 5.32 Å². The van der Waals surface area contributed by atoms with E-state index in [9.17, 15) is 9.90 Å². The Balaban J connectivity index is -0.00000220. The first-order valence-corrected chi connectivity index (χ1v) is 8.38. The van der Waals surface area contributed by atoms with Gasteiger partial charge in [0.15, 0.2) is 6.10 Å². The smallest absolute Gasteiger partial charge is 0.225 e. The van der Waals surface area contributed by atoms with Crippen LogP contribution in [0.1, 0.15) is 33.6 Å². The Morgan fingerprint density at radius 1 is 1.08 bits per heavy atom. The van der Waals surface area contributed by atoms with Crippen LogP contribution in [0.3, 0.4) is 0 Å². The van der Waals surface area contributed by atoms with Crippen LogP contribution in [0.5, 0.6) is 0 Å². The van der Waals surface area contributed by atoms with E-state index in [2.05, 4.69) is 40.6 Å². The minimum Gasteiger partial charge on any atom is -1.00 e. The number of hydrogen-bond acceptors (Lipinski definition) is 2. The highest BCUT2D eigenvalue weighted by Crippen LogP contribution is 2.19. The summed E-state index contributed by atoms with van der Waals surface area (Å²) in [7, 11) is 10.5. The second kappa shape index (κ2) is 11.5. The van der Waals surface area contributed by atoms with Gasteiger partial charge in [0.05, 0.1) is 41.8 Å². The van der Waals surface area contributed by atoms with Crippen LogP contribution in [0, 0.1) is 5.41 Å². The molecular formula is C17H39Cl2N3O2. The van der Waals surface area contributed by atoms with Crippen molar-refractivity contribution in [2.45, 2.75) is 39.7 Å². The maximum Gasteiger partial charge on any atom is 0.225 e. The van der Waals surface area contributed by atoms with E-state index < -0.39 is 0 Å². The Hall–Kier alpha value is -0.0700. The third-order valence-electron chi connectivity index (χ3n) is 4.19. The van der Waals surface area contributed by atoms with Gasteiger partial charge in [-0.2, -0.15) is 0 Å². The molecule has 0 aliphatic rings. The molecule has 0 fully saturated rings. The predicted octanol–water partition coefficient (Wildman–Crippen LogP) is -4.92. The maximum atomic E-state index is 12.0. The molecule has 24 heavy (non-hydrogen) atoms. The van der Waals surface area contributed by atoms with Crippen LogP contribution in [-0.2, 0) is 4.79 Å². The fourth-order valence-electron chi connectivity index (χ4n) is 2.46. The van der Waals surface area contributed by atoms with Gasteiger partial charge in [-0.15, -0.1) is 0 Å². The number of quaternary nitrogens is 2. The highest BCUT2D eigenvalue weighted by Gasteiger charge is 2.26. The van der Waals surface area contributed by atoms with Gasteiger partial charge < -0.3 is 44.2 Å². The molecule has 1 amide bonds.